The topological polar surface area (TPSA) is 8.17 Å². The Balaban J connectivity index is 0.940. The summed E-state index contributed by atoms with van der Waals surface area (Å²) in [6.45, 7) is 0. The molecule has 0 bridgehead atoms. The zero-order valence-electron chi connectivity index (χ0n) is 32.2. The van der Waals surface area contributed by atoms with E-state index < -0.39 is 0 Å². The summed E-state index contributed by atoms with van der Waals surface area (Å²) in [5, 5.41) is 7.94. The number of hydrogen-bond donors (Lipinski definition) is 0. The average Bonchev–Trinajstić information content (AvgIpc) is 3.64. The minimum absolute atomic E-state index is 0.156. The molecule has 0 N–H and O–H groups in total. The van der Waals surface area contributed by atoms with Crippen LogP contribution in [-0.2, 0) is 5.41 Å². The quantitative estimate of drug-likeness (QED) is 0.164. The van der Waals surface area contributed by atoms with E-state index in [4.69, 9.17) is 0 Å². The molecule has 10 aromatic carbocycles. The second kappa shape index (κ2) is 12.2. The number of para-hydroxylation sites is 2. The van der Waals surface area contributed by atoms with Crippen molar-refractivity contribution >= 4 is 60.4 Å². The molecule has 59 heavy (non-hydrogen) atoms. The second-order valence-electron chi connectivity index (χ2n) is 16.0. The van der Waals surface area contributed by atoms with Gasteiger partial charge >= 0.3 is 0 Å². The lowest BCUT2D eigenvalue weighted by Crippen LogP contribution is -2.43. The van der Waals surface area contributed by atoms with E-state index in [9.17, 15) is 0 Å². The van der Waals surface area contributed by atoms with Crippen molar-refractivity contribution in [2.75, 3.05) is 4.90 Å². The van der Waals surface area contributed by atoms with Gasteiger partial charge in [-0.1, -0.05) is 164 Å². The van der Waals surface area contributed by atoms with Crippen LogP contribution in [0.25, 0.3) is 71.3 Å². The summed E-state index contributed by atoms with van der Waals surface area (Å²) < 4.78 is 2.38. The molecule has 2 heteroatoms. The van der Waals surface area contributed by atoms with Gasteiger partial charge in [0.15, 0.2) is 0 Å². The SMILES string of the molecule is c1ccc(-c2ccc(N(c3cccc(-c4ccc(-n5c6ccccc6c6ccccc65)cc4)c3)c3ccc4c5c(cccc35)C43c4cccc5cccc3c45)cc2)cc1. The van der Waals surface area contributed by atoms with E-state index in [-0.39, 0.29) is 5.41 Å². The number of benzene rings is 10. The van der Waals surface area contributed by atoms with E-state index in [1.54, 1.807) is 0 Å². The first kappa shape index (κ1) is 32.4. The third-order valence-corrected chi connectivity index (χ3v) is 13.2. The maximum Gasteiger partial charge on any atom is 0.0726 e. The lowest BCUT2D eigenvalue weighted by Gasteiger charge is -2.52. The highest BCUT2D eigenvalue weighted by atomic mass is 15.1. The summed E-state index contributed by atoms with van der Waals surface area (Å²) in [7, 11) is 0. The fourth-order valence-corrected chi connectivity index (χ4v) is 10.6. The Labute approximate surface area is 342 Å². The molecule has 0 fully saturated rings. The fourth-order valence-electron chi connectivity index (χ4n) is 10.6. The lowest BCUT2D eigenvalue weighted by atomic mass is 9.49. The minimum Gasteiger partial charge on any atom is -0.310 e. The summed E-state index contributed by atoms with van der Waals surface area (Å²) >= 11 is 0. The number of aromatic nitrogens is 1. The maximum atomic E-state index is 2.45. The van der Waals surface area contributed by atoms with E-state index in [1.807, 2.05) is 0 Å². The molecular weight excluding hydrogens is 713 g/mol. The van der Waals surface area contributed by atoms with Gasteiger partial charge in [-0.3, -0.25) is 0 Å². The number of hydrogen-bond acceptors (Lipinski definition) is 1. The molecule has 11 aromatic rings. The Morgan fingerprint density at radius 2 is 0.864 bits per heavy atom. The number of anilines is 3. The Morgan fingerprint density at radius 1 is 0.339 bits per heavy atom. The van der Waals surface area contributed by atoms with E-state index in [0.29, 0.717) is 0 Å². The zero-order valence-corrected chi connectivity index (χ0v) is 32.2. The van der Waals surface area contributed by atoms with Gasteiger partial charge in [-0.25, -0.2) is 0 Å². The van der Waals surface area contributed by atoms with Crippen molar-refractivity contribution in [1.29, 1.82) is 0 Å². The molecule has 2 aliphatic rings. The normalized spacial score (nSPS) is 13.2. The maximum absolute atomic E-state index is 2.45. The van der Waals surface area contributed by atoms with Crippen LogP contribution >= 0.6 is 0 Å². The molecule has 1 aromatic heterocycles. The van der Waals surface area contributed by atoms with E-state index in [0.717, 1.165) is 17.1 Å². The van der Waals surface area contributed by atoms with Gasteiger partial charge in [-0.2, -0.15) is 0 Å². The highest BCUT2D eigenvalue weighted by Gasteiger charge is 2.54. The van der Waals surface area contributed by atoms with Crippen molar-refractivity contribution in [2.24, 2.45) is 0 Å². The lowest BCUT2D eigenvalue weighted by molar-refractivity contribution is 0.701. The van der Waals surface area contributed by atoms with Crippen molar-refractivity contribution in [3.63, 3.8) is 0 Å². The molecule has 0 atom stereocenters. The van der Waals surface area contributed by atoms with Gasteiger partial charge in [-0.05, 0) is 115 Å². The van der Waals surface area contributed by atoms with Crippen molar-refractivity contribution in [3.8, 4) is 27.9 Å². The van der Waals surface area contributed by atoms with Gasteiger partial charge in [0.1, 0.15) is 0 Å². The van der Waals surface area contributed by atoms with Crippen LogP contribution in [-0.4, -0.2) is 4.57 Å². The molecule has 0 radical (unpaired) electrons. The highest BCUT2D eigenvalue weighted by Crippen LogP contribution is 2.65. The van der Waals surface area contributed by atoms with E-state index in [1.165, 1.54) is 93.5 Å². The second-order valence-corrected chi connectivity index (χ2v) is 16.0. The van der Waals surface area contributed by atoms with Gasteiger partial charge in [0.05, 0.1) is 22.1 Å². The van der Waals surface area contributed by atoms with Gasteiger partial charge in [0.2, 0.25) is 0 Å². The zero-order chi connectivity index (χ0) is 38.7. The Kier molecular flexibility index (Phi) is 6.68. The Morgan fingerprint density at radius 3 is 1.58 bits per heavy atom. The van der Waals surface area contributed by atoms with Gasteiger partial charge in [0.25, 0.3) is 0 Å². The third kappa shape index (κ3) is 4.40. The summed E-state index contributed by atoms with van der Waals surface area (Å²) in [6.07, 6.45) is 0. The van der Waals surface area contributed by atoms with Crippen LogP contribution in [0.5, 0.6) is 0 Å². The number of rotatable bonds is 6. The Bertz CT molecular complexity index is 3380. The molecule has 1 spiro atoms. The molecule has 2 aliphatic carbocycles. The van der Waals surface area contributed by atoms with Crippen LogP contribution in [0.1, 0.15) is 22.3 Å². The van der Waals surface area contributed by atoms with E-state index >= 15 is 0 Å². The molecule has 13 rings (SSSR count). The Hall–Kier alpha value is -7.68. The van der Waals surface area contributed by atoms with Crippen molar-refractivity contribution in [2.45, 2.75) is 5.41 Å². The monoisotopic (exact) mass is 748 g/mol. The van der Waals surface area contributed by atoms with Crippen LogP contribution in [0, 0.1) is 0 Å². The largest absolute Gasteiger partial charge is 0.310 e. The average molecular weight is 749 g/mol. The molecule has 274 valence electrons. The molecule has 2 nitrogen and oxygen atoms in total. The highest BCUT2D eigenvalue weighted by molar-refractivity contribution is 6.14. The molecule has 0 aliphatic heterocycles. The molecule has 1 heterocycles. The first-order valence-corrected chi connectivity index (χ1v) is 20.5. The number of nitrogens with zero attached hydrogens (tertiary/aromatic N) is 2. The molecule has 0 amide bonds. The molecular formula is C57H36N2. The summed E-state index contributed by atoms with van der Waals surface area (Å²) in [4.78, 5) is 2.45. The molecule has 0 saturated heterocycles. The van der Waals surface area contributed by atoms with Crippen LogP contribution in [0.15, 0.2) is 218 Å². The van der Waals surface area contributed by atoms with Crippen molar-refractivity contribution in [1.82, 2.24) is 4.57 Å². The third-order valence-electron chi connectivity index (χ3n) is 13.2. The first-order valence-electron chi connectivity index (χ1n) is 20.5. The van der Waals surface area contributed by atoms with Crippen molar-refractivity contribution in [3.05, 3.63) is 241 Å². The summed E-state index contributed by atoms with van der Waals surface area (Å²) in [6, 6.07) is 80.5. The van der Waals surface area contributed by atoms with Crippen LogP contribution in [0.2, 0.25) is 0 Å². The summed E-state index contributed by atoms with van der Waals surface area (Å²) in [5.41, 5.74) is 17.3. The summed E-state index contributed by atoms with van der Waals surface area (Å²) in [5.74, 6) is 0. The molecule has 0 saturated carbocycles. The predicted octanol–water partition coefficient (Wildman–Crippen LogP) is 14.9. The van der Waals surface area contributed by atoms with Gasteiger partial charge in [-0.15, -0.1) is 0 Å². The number of fused-ring (bicyclic) bond motifs is 7. The van der Waals surface area contributed by atoms with Crippen LogP contribution in [0.3, 0.4) is 0 Å². The van der Waals surface area contributed by atoms with Crippen LogP contribution < -0.4 is 4.90 Å². The van der Waals surface area contributed by atoms with Gasteiger partial charge < -0.3 is 9.47 Å². The smallest absolute Gasteiger partial charge is 0.0726 e. The standard InChI is InChI=1S/C57H36N2/c1-2-12-37(13-3-1)38-26-30-42(31-27-38)58(54-35-34-51-56-47(54)20-11-23-50(56)57(51)48-21-9-14-40-15-10-22-49(57)55(40)48)44-17-8-16-41(36-44)39-28-32-43(33-29-39)59-52-24-6-4-18-45(52)46-19-5-7-25-53(46)59/h1-36H. The first-order chi connectivity index (χ1) is 29.3. The predicted molar refractivity (Wildman–Crippen MR) is 247 cm³/mol. The minimum atomic E-state index is -0.156. The van der Waals surface area contributed by atoms with Crippen molar-refractivity contribution < 1.29 is 0 Å². The van der Waals surface area contributed by atoms with E-state index in [2.05, 4.69) is 228 Å². The fraction of sp³-hybridized carbons (Fsp3) is 0.0175. The molecule has 0 unspecified atom stereocenters. The van der Waals surface area contributed by atoms with Gasteiger partial charge in [0, 0.05) is 33.2 Å². The van der Waals surface area contributed by atoms with Crippen LogP contribution in [0.4, 0.5) is 17.1 Å².